The molecule has 0 saturated heterocycles. The first-order chi connectivity index (χ1) is 5.27. The number of hydrogen-bond donors (Lipinski definition) is 0. The molecule has 0 saturated carbocycles. The van der Waals surface area contributed by atoms with E-state index in [1.165, 1.54) is 0 Å². The van der Waals surface area contributed by atoms with Gasteiger partial charge in [0.1, 0.15) is 5.75 Å². The van der Waals surface area contributed by atoms with Gasteiger partial charge in [0, 0.05) is 0 Å². The first kappa shape index (κ1) is 11.5. The number of nitrogens with zero attached hydrogens (tertiary/aromatic N) is 1. The van der Waals surface area contributed by atoms with E-state index in [0.29, 0.717) is 5.88 Å². The summed E-state index contributed by atoms with van der Waals surface area (Å²) in [5, 5.41) is 0. The Labute approximate surface area is 83.3 Å². The lowest BCUT2D eigenvalue weighted by Crippen LogP contribution is -1.93. The van der Waals surface area contributed by atoms with Crippen LogP contribution in [0.25, 0.3) is 0 Å². The highest BCUT2D eigenvalue weighted by Crippen LogP contribution is 2.15. The van der Waals surface area contributed by atoms with Gasteiger partial charge in [-0.05, 0) is 19.1 Å². The predicted octanol–water partition coefficient (Wildman–Crippen LogP) is 2.56. The Hall–Kier alpha value is -0.470. The van der Waals surface area contributed by atoms with Crippen molar-refractivity contribution in [2.24, 2.45) is 0 Å². The average molecular weight is 208 g/mol. The summed E-state index contributed by atoms with van der Waals surface area (Å²) in [6, 6.07) is 3.74. The van der Waals surface area contributed by atoms with Crippen LogP contribution in [0.5, 0.6) is 5.75 Å². The molecule has 68 valence electrons. The van der Waals surface area contributed by atoms with Gasteiger partial charge in [0.05, 0.1) is 24.4 Å². The topological polar surface area (TPSA) is 22.1 Å². The number of methoxy groups -OCH3 is 1. The van der Waals surface area contributed by atoms with Crippen LogP contribution < -0.4 is 4.74 Å². The van der Waals surface area contributed by atoms with Gasteiger partial charge in [-0.2, -0.15) is 0 Å². The molecule has 4 heteroatoms. The molecule has 0 aliphatic rings. The van der Waals surface area contributed by atoms with E-state index in [4.69, 9.17) is 16.3 Å². The number of aryl methyl sites for hydroxylation is 1. The van der Waals surface area contributed by atoms with E-state index in [9.17, 15) is 0 Å². The Kier molecular flexibility index (Phi) is 5.02. The second-order valence-corrected chi connectivity index (χ2v) is 2.49. The minimum absolute atomic E-state index is 0. The first-order valence-electron chi connectivity index (χ1n) is 3.34. The van der Waals surface area contributed by atoms with Gasteiger partial charge >= 0.3 is 0 Å². The number of rotatable bonds is 2. The molecule has 2 nitrogen and oxygen atoms in total. The third-order valence-electron chi connectivity index (χ3n) is 1.45. The van der Waals surface area contributed by atoms with Crippen molar-refractivity contribution in [3.63, 3.8) is 0 Å². The Morgan fingerprint density at radius 2 is 2.17 bits per heavy atom. The monoisotopic (exact) mass is 207 g/mol. The average Bonchev–Trinajstić information content (AvgIpc) is 2.04. The van der Waals surface area contributed by atoms with Crippen molar-refractivity contribution < 1.29 is 4.74 Å². The first-order valence-corrected chi connectivity index (χ1v) is 3.88. The van der Waals surface area contributed by atoms with Crippen molar-refractivity contribution in [3.05, 3.63) is 23.5 Å². The van der Waals surface area contributed by atoms with Crippen LogP contribution in [0.4, 0.5) is 0 Å². The van der Waals surface area contributed by atoms with Crippen molar-refractivity contribution in [3.8, 4) is 5.75 Å². The lowest BCUT2D eigenvalue weighted by Gasteiger charge is -2.03. The molecule has 0 N–H and O–H groups in total. The number of halogens is 2. The molecule has 0 aliphatic carbocycles. The van der Waals surface area contributed by atoms with Crippen molar-refractivity contribution in [2.45, 2.75) is 12.8 Å². The number of ether oxygens (including phenoxy) is 1. The minimum Gasteiger partial charge on any atom is -0.495 e. The van der Waals surface area contributed by atoms with E-state index in [0.717, 1.165) is 17.1 Å². The van der Waals surface area contributed by atoms with Crippen molar-refractivity contribution in [1.29, 1.82) is 0 Å². The zero-order chi connectivity index (χ0) is 8.27. The van der Waals surface area contributed by atoms with Gasteiger partial charge < -0.3 is 4.74 Å². The van der Waals surface area contributed by atoms with Crippen LogP contribution in [0.1, 0.15) is 11.4 Å². The molecule has 1 aromatic rings. The van der Waals surface area contributed by atoms with E-state index in [1.54, 1.807) is 7.11 Å². The molecule has 0 amide bonds. The van der Waals surface area contributed by atoms with Crippen molar-refractivity contribution >= 4 is 24.0 Å². The molecular weight excluding hydrogens is 197 g/mol. The highest BCUT2D eigenvalue weighted by Gasteiger charge is 1.99. The summed E-state index contributed by atoms with van der Waals surface area (Å²) in [6.07, 6.45) is 0. The Morgan fingerprint density at radius 1 is 1.50 bits per heavy atom. The maximum atomic E-state index is 5.59. The van der Waals surface area contributed by atoms with Crippen molar-refractivity contribution in [1.82, 2.24) is 4.98 Å². The molecule has 0 atom stereocenters. The lowest BCUT2D eigenvalue weighted by molar-refractivity contribution is 0.409. The fraction of sp³-hybridized carbons (Fsp3) is 0.375. The number of alkyl halides is 1. The van der Waals surface area contributed by atoms with Crippen LogP contribution in [-0.4, -0.2) is 12.1 Å². The molecule has 0 unspecified atom stereocenters. The molecule has 0 bridgehead atoms. The fourth-order valence-electron chi connectivity index (χ4n) is 0.890. The number of hydrogen-bond acceptors (Lipinski definition) is 2. The summed E-state index contributed by atoms with van der Waals surface area (Å²) >= 11 is 5.59. The van der Waals surface area contributed by atoms with Gasteiger partial charge in [0.15, 0.2) is 0 Å². The maximum Gasteiger partial charge on any atom is 0.140 e. The second-order valence-electron chi connectivity index (χ2n) is 2.22. The zero-order valence-electron chi connectivity index (χ0n) is 7.00. The lowest BCUT2D eigenvalue weighted by atomic mass is 10.3. The summed E-state index contributed by atoms with van der Waals surface area (Å²) in [7, 11) is 1.63. The molecule has 0 aromatic carbocycles. The maximum absolute atomic E-state index is 5.59. The predicted molar refractivity (Wildman–Crippen MR) is 52.3 cm³/mol. The van der Waals surface area contributed by atoms with Gasteiger partial charge in [0.2, 0.25) is 0 Å². The van der Waals surface area contributed by atoms with Crippen LogP contribution in [0, 0.1) is 6.92 Å². The molecule has 1 aromatic heterocycles. The second kappa shape index (κ2) is 5.22. The van der Waals surface area contributed by atoms with E-state index in [-0.39, 0.29) is 12.4 Å². The molecular formula is C8H11Cl2NO. The summed E-state index contributed by atoms with van der Waals surface area (Å²) in [6.45, 7) is 1.90. The summed E-state index contributed by atoms with van der Waals surface area (Å²) < 4.78 is 5.04. The van der Waals surface area contributed by atoms with E-state index < -0.39 is 0 Å². The van der Waals surface area contributed by atoms with E-state index >= 15 is 0 Å². The summed E-state index contributed by atoms with van der Waals surface area (Å²) in [5.41, 5.74) is 1.76. The van der Waals surface area contributed by atoms with Gasteiger partial charge in [-0.15, -0.1) is 24.0 Å². The van der Waals surface area contributed by atoms with E-state index in [1.807, 2.05) is 19.1 Å². The fourth-order valence-corrected chi connectivity index (χ4v) is 1.04. The van der Waals surface area contributed by atoms with Crippen LogP contribution in [-0.2, 0) is 5.88 Å². The standard InChI is InChI=1S/C8H10ClNO.ClH/c1-6-8(11-2)4-3-7(5-9)10-6;/h3-4H,5H2,1-2H3;1H. The SMILES string of the molecule is COc1ccc(CCl)nc1C.Cl. The molecule has 0 aliphatic heterocycles. The van der Waals surface area contributed by atoms with Crippen LogP contribution >= 0.6 is 24.0 Å². The highest BCUT2D eigenvalue weighted by molar-refractivity contribution is 6.16. The van der Waals surface area contributed by atoms with Gasteiger partial charge in [-0.25, -0.2) is 0 Å². The highest BCUT2D eigenvalue weighted by atomic mass is 35.5. The quantitative estimate of drug-likeness (QED) is 0.696. The van der Waals surface area contributed by atoms with Crippen LogP contribution in [0.3, 0.4) is 0 Å². The summed E-state index contributed by atoms with van der Waals surface area (Å²) in [4.78, 5) is 4.21. The largest absolute Gasteiger partial charge is 0.495 e. The summed E-state index contributed by atoms with van der Waals surface area (Å²) in [5.74, 6) is 1.25. The van der Waals surface area contributed by atoms with Gasteiger partial charge in [0.25, 0.3) is 0 Å². The van der Waals surface area contributed by atoms with Gasteiger partial charge in [-0.1, -0.05) is 0 Å². The molecule has 0 fully saturated rings. The number of aromatic nitrogens is 1. The van der Waals surface area contributed by atoms with Gasteiger partial charge in [-0.3, -0.25) is 4.98 Å². The normalized spacial score (nSPS) is 8.92. The smallest absolute Gasteiger partial charge is 0.140 e. The van der Waals surface area contributed by atoms with Crippen LogP contribution in [0.15, 0.2) is 12.1 Å². The Balaban J connectivity index is 0.00000121. The van der Waals surface area contributed by atoms with E-state index in [2.05, 4.69) is 4.98 Å². The molecule has 0 spiro atoms. The molecule has 1 rings (SSSR count). The van der Waals surface area contributed by atoms with Crippen LogP contribution in [0.2, 0.25) is 0 Å². The zero-order valence-corrected chi connectivity index (χ0v) is 8.58. The minimum atomic E-state index is 0. The molecule has 0 radical (unpaired) electrons. The number of pyridine rings is 1. The third-order valence-corrected chi connectivity index (χ3v) is 1.73. The Morgan fingerprint density at radius 3 is 2.58 bits per heavy atom. The molecule has 12 heavy (non-hydrogen) atoms. The Bertz CT molecular complexity index is 253. The third kappa shape index (κ3) is 2.54. The molecule has 1 heterocycles. The van der Waals surface area contributed by atoms with Crippen molar-refractivity contribution in [2.75, 3.05) is 7.11 Å².